The van der Waals surface area contributed by atoms with Crippen LogP contribution in [0.1, 0.15) is 15.2 Å². The van der Waals surface area contributed by atoms with Crippen molar-refractivity contribution in [3.63, 3.8) is 0 Å². The van der Waals surface area contributed by atoms with Gasteiger partial charge in [-0.05, 0) is 35.7 Å². The summed E-state index contributed by atoms with van der Waals surface area (Å²) >= 11 is 4.49. The lowest BCUT2D eigenvalue weighted by atomic mass is 10.2. The summed E-state index contributed by atoms with van der Waals surface area (Å²) in [6, 6.07) is 9.62. The molecule has 1 saturated heterocycles. The largest absolute Gasteiger partial charge is 0.354 e. The van der Waals surface area contributed by atoms with E-state index in [1.165, 1.54) is 40.5 Å². The molecule has 0 unspecified atom stereocenters. The third kappa shape index (κ3) is 5.30. The van der Waals surface area contributed by atoms with Gasteiger partial charge in [0.25, 0.3) is 5.91 Å². The van der Waals surface area contributed by atoms with Crippen molar-refractivity contribution in [1.29, 1.82) is 0 Å². The second kappa shape index (κ2) is 9.44. The van der Waals surface area contributed by atoms with E-state index in [1.807, 2.05) is 17.5 Å². The van der Waals surface area contributed by atoms with E-state index in [4.69, 9.17) is 0 Å². The van der Waals surface area contributed by atoms with Crippen molar-refractivity contribution < 1.29 is 18.0 Å². The van der Waals surface area contributed by atoms with E-state index in [0.717, 1.165) is 14.4 Å². The van der Waals surface area contributed by atoms with Crippen LogP contribution in [0.25, 0.3) is 0 Å². The zero-order chi connectivity index (χ0) is 21.8. The number of thioether (sulfide) groups is 1. The number of amides is 2. The summed E-state index contributed by atoms with van der Waals surface area (Å²) in [4.78, 5) is 25.2. The molecule has 1 fully saturated rings. The fraction of sp³-hybridized carbons (Fsp3) is 0.222. The highest BCUT2D eigenvalue weighted by Gasteiger charge is 2.29. The smallest absolute Gasteiger partial charge is 0.257 e. The average molecular weight is 496 g/mol. The van der Waals surface area contributed by atoms with Crippen LogP contribution in [0.3, 0.4) is 0 Å². The van der Waals surface area contributed by atoms with Crippen molar-refractivity contribution >= 4 is 61.4 Å². The molecule has 1 aliphatic rings. The summed E-state index contributed by atoms with van der Waals surface area (Å²) in [5, 5.41) is 15.7. The first-order valence-electron chi connectivity index (χ1n) is 9.09. The third-order valence-corrected chi connectivity index (χ3v) is 9.24. The number of hydrogen-bond donors (Lipinski definition) is 2. The molecule has 1 aliphatic heterocycles. The molecule has 0 spiro atoms. The first-order valence-corrected chi connectivity index (χ1v) is 13.2. The van der Waals surface area contributed by atoms with Crippen molar-refractivity contribution in [2.45, 2.75) is 15.0 Å². The van der Waals surface area contributed by atoms with E-state index in [2.05, 4.69) is 20.8 Å². The Morgan fingerprint density at radius 2 is 2.03 bits per heavy atom. The molecule has 0 saturated carbocycles. The maximum Gasteiger partial charge on any atom is 0.257 e. The van der Waals surface area contributed by atoms with Crippen LogP contribution in [0.15, 0.2) is 51.0 Å². The Kier molecular flexibility index (Phi) is 6.67. The first kappa shape index (κ1) is 21.9. The first-order chi connectivity index (χ1) is 14.9. The SMILES string of the molecule is O=C1CN(S(=O)(=O)c2ccc(C(=O)Nc3nnc(SCc4cccs4)s3)cc2)CCN1. The second-order valence-corrected chi connectivity index (χ2v) is 11.6. The number of sulfonamides is 1. The van der Waals surface area contributed by atoms with Crippen molar-refractivity contribution in [2.24, 2.45) is 0 Å². The Bertz CT molecular complexity index is 1180. The van der Waals surface area contributed by atoms with Crippen molar-refractivity contribution in [1.82, 2.24) is 19.8 Å². The number of carbonyl (C=O) groups excluding carboxylic acids is 2. The summed E-state index contributed by atoms with van der Waals surface area (Å²) in [7, 11) is -3.80. The maximum absolute atomic E-state index is 12.7. The molecule has 2 amide bonds. The average Bonchev–Trinajstić information content (AvgIpc) is 3.44. The van der Waals surface area contributed by atoms with Gasteiger partial charge in [0.05, 0.1) is 11.4 Å². The Hall–Kier alpha value is -2.32. The van der Waals surface area contributed by atoms with E-state index in [0.29, 0.717) is 10.7 Å². The van der Waals surface area contributed by atoms with Gasteiger partial charge >= 0.3 is 0 Å². The molecule has 0 atom stereocenters. The summed E-state index contributed by atoms with van der Waals surface area (Å²) in [5.41, 5.74) is 0.290. The number of nitrogens with zero attached hydrogens (tertiary/aromatic N) is 3. The van der Waals surface area contributed by atoms with Crippen LogP contribution in [-0.4, -0.2) is 54.4 Å². The van der Waals surface area contributed by atoms with Gasteiger partial charge in [-0.2, -0.15) is 4.31 Å². The van der Waals surface area contributed by atoms with Gasteiger partial charge in [-0.15, -0.1) is 21.5 Å². The lowest BCUT2D eigenvalue weighted by Gasteiger charge is -2.25. The Labute approximate surface area is 190 Å². The summed E-state index contributed by atoms with van der Waals surface area (Å²) in [5.74, 6) is 0.0394. The molecule has 2 aromatic heterocycles. The Balaban J connectivity index is 1.38. The Morgan fingerprint density at radius 1 is 1.23 bits per heavy atom. The van der Waals surface area contributed by atoms with E-state index in [9.17, 15) is 18.0 Å². The number of carbonyl (C=O) groups is 2. The van der Waals surface area contributed by atoms with Gasteiger partial charge in [0, 0.05) is 29.3 Å². The van der Waals surface area contributed by atoms with Crippen LogP contribution in [-0.2, 0) is 20.6 Å². The van der Waals surface area contributed by atoms with Gasteiger partial charge in [-0.1, -0.05) is 29.2 Å². The van der Waals surface area contributed by atoms with E-state index in [-0.39, 0.29) is 30.4 Å². The van der Waals surface area contributed by atoms with Crippen LogP contribution in [0.2, 0.25) is 0 Å². The van der Waals surface area contributed by atoms with Crippen LogP contribution in [0, 0.1) is 0 Å². The van der Waals surface area contributed by atoms with E-state index in [1.54, 1.807) is 23.1 Å². The molecule has 0 radical (unpaired) electrons. The quantitative estimate of drug-likeness (QED) is 0.381. The predicted octanol–water partition coefficient (Wildman–Crippen LogP) is 2.26. The fourth-order valence-corrected chi connectivity index (χ4v) is 6.68. The van der Waals surface area contributed by atoms with E-state index >= 15 is 0 Å². The van der Waals surface area contributed by atoms with Gasteiger partial charge in [0.15, 0.2) is 4.34 Å². The zero-order valence-electron chi connectivity index (χ0n) is 16.0. The van der Waals surface area contributed by atoms with Crippen molar-refractivity contribution in [3.05, 3.63) is 52.2 Å². The van der Waals surface area contributed by atoms with Crippen LogP contribution in [0.5, 0.6) is 0 Å². The minimum Gasteiger partial charge on any atom is -0.354 e. The van der Waals surface area contributed by atoms with Crippen LogP contribution in [0.4, 0.5) is 5.13 Å². The molecule has 3 heterocycles. The number of thiophene rings is 1. The number of nitrogens with one attached hydrogen (secondary N) is 2. The molecular weight excluding hydrogens is 478 g/mol. The Morgan fingerprint density at radius 3 is 2.74 bits per heavy atom. The topological polar surface area (TPSA) is 121 Å². The standard InChI is InChI=1S/C18H17N5O4S4/c24-15-10-23(8-7-19-15)31(26,27)14-5-3-12(4-6-14)16(25)20-17-21-22-18(30-17)29-11-13-2-1-9-28-13/h1-6,9H,7-8,10-11H2,(H,19,24)(H,20,21,25). The minimum absolute atomic E-state index is 0.0296. The monoisotopic (exact) mass is 495 g/mol. The predicted molar refractivity (Wildman–Crippen MR) is 120 cm³/mol. The molecule has 1 aromatic carbocycles. The number of rotatable bonds is 7. The fourth-order valence-electron chi connectivity index (χ4n) is 2.76. The number of anilines is 1. The summed E-state index contributed by atoms with van der Waals surface area (Å²) in [6.07, 6.45) is 0. The molecule has 31 heavy (non-hydrogen) atoms. The highest BCUT2D eigenvalue weighted by atomic mass is 32.2. The van der Waals surface area contributed by atoms with E-state index < -0.39 is 15.9 Å². The second-order valence-electron chi connectivity index (χ2n) is 6.41. The molecule has 9 nitrogen and oxygen atoms in total. The van der Waals surface area contributed by atoms with Crippen molar-refractivity contribution in [2.75, 3.05) is 25.0 Å². The number of benzene rings is 1. The number of hydrogen-bond acceptors (Lipinski definition) is 9. The molecule has 0 bridgehead atoms. The molecule has 162 valence electrons. The zero-order valence-corrected chi connectivity index (χ0v) is 19.2. The summed E-state index contributed by atoms with van der Waals surface area (Å²) < 4.78 is 27.2. The normalized spacial score (nSPS) is 14.9. The van der Waals surface area contributed by atoms with Crippen LogP contribution < -0.4 is 10.6 Å². The van der Waals surface area contributed by atoms with Gasteiger partial charge in [0.1, 0.15) is 0 Å². The van der Waals surface area contributed by atoms with Gasteiger partial charge < -0.3 is 5.32 Å². The lowest BCUT2D eigenvalue weighted by molar-refractivity contribution is -0.122. The molecule has 4 rings (SSSR count). The minimum atomic E-state index is -3.80. The van der Waals surface area contributed by atoms with Gasteiger partial charge in [-0.25, -0.2) is 8.42 Å². The molecule has 0 aliphatic carbocycles. The third-order valence-electron chi connectivity index (χ3n) is 4.30. The van der Waals surface area contributed by atoms with Crippen molar-refractivity contribution in [3.8, 4) is 0 Å². The van der Waals surface area contributed by atoms with Gasteiger partial charge in [-0.3, -0.25) is 14.9 Å². The summed E-state index contributed by atoms with van der Waals surface area (Å²) in [6.45, 7) is 0.267. The molecule has 3 aromatic rings. The van der Waals surface area contributed by atoms with Crippen LogP contribution >= 0.6 is 34.4 Å². The number of piperazine rings is 1. The number of aromatic nitrogens is 2. The lowest BCUT2D eigenvalue weighted by Crippen LogP contribution is -2.49. The highest BCUT2D eigenvalue weighted by Crippen LogP contribution is 2.29. The van der Waals surface area contributed by atoms with Gasteiger partial charge in [0.2, 0.25) is 21.1 Å². The molecule has 2 N–H and O–H groups in total. The highest BCUT2D eigenvalue weighted by molar-refractivity contribution is 8.00. The molecular formula is C18H17N5O4S4. The maximum atomic E-state index is 12.7. The molecule has 13 heteroatoms.